The summed E-state index contributed by atoms with van der Waals surface area (Å²) in [5.74, 6) is -0.304. The van der Waals surface area contributed by atoms with Crippen molar-refractivity contribution in [1.82, 2.24) is 10.3 Å². The largest absolute Gasteiger partial charge is 0.447 e. The second-order valence-electron chi connectivity index (χ2n) is 7.34. The number of pyridine rings is 1. The zero-order valence-corrected chi connectivity index (χ0v) is 17.1. The van der Waals surface area contributed by atoms with Crippen LogP contribution in [0.4, 0.5) is 25.5 Å². The fraction of sp³-hybridized carbons (Fsp3) is 0.333. The monoisotopic (exact) mass is 428 g/mol. The third-order valence-electron chi connectivity index (χ3n) is 5.13. The number of rotatable bonds is 5. The van der Waals surface area contributed by atoms with Gasteiger partial charge in [-0.2, -0.15) is 0 Å². The van der Waals surface area contributed by atoms with Crippen LogP contribution in [0.1, 0.15) is 12.5 Å². The number of aromatic nitrogens is 1. The standard InChI is InChI=1S/C21H21FN4O5/c1-12-7-16(14-3-4-19(24-9-14)25-5-6-30-20(25)28)17(22)8-18(12)26-11-15(31-21(26)29)10-23-13(2)27/h3-4,7-9,15H,5-6,10-11H2,1-2H3,(H,23,27)/t15-/m0/s1. The molecule has 162 valence electrons. The van der Waals surface area contributed by atoms with Gasteiger partial charge in [0.1, 0.15) is 24.3 Å². The van der Waals surface area contributed by atoms with Crippen LogP contribution < -0.4 is 15.1 Å². The van der Waals surface area contributed by atoms with Gasteiger partial charge in [0.25, 0.3) is 0 Å². The van der Waals surface area contributed by atoms with Crippen LogP contribution in [-0.4, -0.2) is 55.4 Å². The fourth-order valence-corrected chi connectivity index (χ4v) is 3.57. The molecule has 1 aromatic heterocycles. The van der Waals surface area contributed by atoms with Crippen molar-refractivity contribution in [3.63, 3.8) is 0 Å². The summed E-state index contributed by atoms with van der Waals surface area (Å²) in [5, 5.41) is 2.61. The predicted molar refractivity (Wildman–Crippen MR) is 109 cm³/mol. The molecule has 1 N–H and O–H groups in total. The Hall–Kier alpha value is -3.69. The molecule has 3 heterocycles. The molecule has 0 radical (unpaired) electrons. The van der Waals surface area contributed by atoms with E-state index in [1.807, 2.05) is 0 Å². The minimum atomic E-state index is -0.589. The van der Waals surface area contributed by atoms with E-state index in [0.29, 0.717) is 41.3 Å². The van der Waals surface area contributed by atoms with Crippen LogP contribution in [0, 0.1) is 12.7 Å². The second kappa shape index (κ2) is 8.21. The van der Waals surface area contributed by atoms with Crippen molar-refractivity contribution >= 4 is 29.6 Å². The third-order valence-corrected chi connectivity index (χ3v) is 5.13. The van der Waals surface area contributed by atoms with Crippen molar-refractivity contribution in [3.8, 4) is 11.1 Å². The van der Waals surface area contributed by atoms with Gasteiger partial charge in [-0.05, 0) is 36.8 Å². The van der Waals surface area contributed by atoms with E-state index in [1.54, 1.807) is 25.1 Å². The van der Waals surface area contributed by atoms with E-state index in [-0.39, 0.29) is 19.0 Å². The topological polar surface area (TPSA) is 101 Å². The molecule has 0 aliphatic carbocycles. The molecule has 4 rings (SSSR count). The quantitative estimate of drug-likeness (QED) is 0.786. The lowest BCUT2D eigenvalue weighted by atomic mass is 10.0. The van der Waals surface area contributed by atoms with Crippen molar-refractivity contribution in [2.24, 2.45) is 0 Å². The Morgan fingerprint density at radius 2 is 2.06 bits per heavy atom. The van der Waals surface area contributed by atoms with Gasteiger partial charge in [0.2, 0.25) is 5.91 Å². The normalized spacial score (nSPS) is 18.2. The highest BCUT2D eigenvalue weighted by Crippen LogP contribution is 2.32. The number of benzene rings is 1. The van der Waals surface area contributed by atoms with Crippen LogP contribution in [0.5, 0.6) is 0 Å². The molecule has 3 amide bonds. The molecule has 1 aromatic carbocycles. The highest BCUT2D eigenvalue weighted by molar-refractivity contribution is 5.91. The van der Waals surface area contributed by atoms with Crippen LogP contribution in [-0.2, 0) is 14.3 Å². The van der Waals surface area contributed by atoms with Gasteiger partial charge < -0.3 is 14.8 Å². The van der Waals surface area contributed by atoms with Gasteiger partial charge in [-0.1, -0.05) is 0 Å². The number of carbonyl (C=O) groups excluding carboxylic acids is 3. The average Bonchev–Trinajstić information content (AvgIpc) is 3.33. The Labute approximate surface area is 177 Å². The Balaban J connectivity index is 1.54. The summed E-state index contributed by atoms with van der Waals surface area (Å²) < 4.78 is 25.1. The number of anilines is 2. The summed E-state index contributed by atoms with van der Waals surface area (Å²) in [6, 6.07) is 6.24. The molecule has 2 fully saturated rings. The Bertz CT molecular complexity index is 1040. The van der Waals surface area contributed by atoms with Gasteiger partial charge in [0.05, 0.1) is 25.3 Å². The van der Waals surface area contributed by atoms with Crippen molar-refractivity contribution in [2.75, 3.05) is 36.0 Å². The summed E-state index contributed by atoms with van der Waals surface area (Å²) in [6.07, 6.45) is -0.0610. The molecule has 10 heteroatoms. The number of nitrogens with zero attached hydrogens (tertiary/aromatic N) is 3. The van der Waals surface area contributed by atoms with Crippen molar-refractivity contribution in [1.29, 1.82) is 0 Å². The lowest BCUT2D eigenvalue weighted by Crippen LogP contribution is -2.33. The molecule has 2 aromatic rings. The highest BCUT2D eigenvalue weighted by atomic mass is 19.1. The van der Waals surface area contributed by atoms with Crippen LogP contribution in [0.2, 0.25) is 0 Å². The number of halogens is 1. The zero-order valence-electron chi connectivity index (χ0n) is 17.1. The number of cyclic esters (lactones) is 2. The van der Waals surface area contributed by atoms with Crippen molar-refractivity contribution in [3.05, 3.63) is 41.8 Å². The number of hydrogen-bond acceptors (Lipinski definition) is 6. The molecular formula is C21H21FN4O5. The minimum Gasteiger partial charge on any atom is -0.447 e. The summed E-state index contributed by atoms with van der Waals surface area (Å²) in [4.78, 5) is 42.0. The number of carbonyl (C=O) groups is 3. The van der Waals surface area contributed by atoms with Gasteiger partial charge >= 0.3 is 12.2 Å². The van der Waals surface area contributed by atoms with Gasteiger partial charge in [0.15, 0.2) is 0 Å². The molecule has 0 unspecified atom stereocenters. The summed E-state index contributed by atoms with van der Waals surface area (Å²) >= 11 is 0. The van der Waals surface area contributed by atoms with E-state index < -0.39 is 24.1 Å². The highest BCUT2D eigenvalue weighted by Gasteiger charge is 2.33. The SMILES string of the molecule is CC(=O)NC[C@H]1CN(c2cc(F)c(-c3ccc(N4CCOC4=O)nc3)cc2C)C(=O)O1. The number of nitrogens with one attached hydrogen (secondary N) is 1. The van der Waals surface area contributed by atoms with Crippen LogP contribution in [0.25, 0.3) is 11.1 Å². The molecule has 2 aliphatic heterocycles. The lowest BCUT2D eigenvalue weighted by molar-refractivity contribution is -0.119. The first-order valence-electron chi connectivity index (χ1n) is 9.77. The maximum absolute atomic E-state index is 15.0. The lowest BCUT2D eigenvalue weighted by Gasteiger charge is -2.18. The first-order chi connectivity index (χ1) is 14.8. The van der Waals surface area contributed by atoms with Gasteiger partial charge in [0, 0.05) is 24.2 Å². The van der Waals surface area contributed by atoms with Crippen LogP contribution >= 0.6 is 0 Å². The third kappa shape index (κ3) is 4.14. The fourth-order valence-electron chi connectivity index (χ4n) is 3.57. The summed E-state index contributed by atoms with van der Waals surface area (Å²) in [6.45, 7) is 4.28. The second-order valence-corrected chi connectivity index (χ2v) is 7.34. The van der Waals surface area contributed by atoms with E-state index in [0.717, 1.165) is 0 Å². The first-order valence-corrected chi connectivity index (χ1v) is 9.77. The van der Waals surface area contributed by atoms with E-state index in [9.17, 15) is 18.8 Å². The molecule has 2 saturated heterocycles. The van der Waals surface area contributed by atoms with Crippen molar-refractivity contribution < 1.29 is 28.2 Å². The number of ether oxygens (including phenoxy) is 2. The van der Waals surface area contributed by atoms with Crippen molar-refractivity contribution in [2.45, 2.75) is 20.0 Å². The van der Waals surface area contributed by atoms with Crippen LogP contribution in [0.3, 0.4) is 0 Å². The van der Waals surface area contributed by atoms with E-state index in [4.69, 9.17) is 9.47 Å². The predicted octanol–water partition coefficient (Wildman–Crippen LogP) is 2.61. The number of aryl methyl sites for hydroxylation is 1. The Morgan fingerprint density at radius 1 is 1.26 bits per heavy atom. The minimum absolute atomic E-state index is 0.194. The Kier molecular flexibility index (Phi) is 5.45. The molecule has 1 atom stereocenters. The van der Waals surface area contributed by atoms with Gasteiger partial charge in [-0.15, -0.1) is 0 Å². The van der Waals surface area contributed by atoms with Crippen LogP contribution in [0.15, 0.2) is 30.5 Å². The molecule has 9 nitrogen and oxygen atoms in total. The average molecular weight is 428 g/mol. The summed E-state index contributed by atoms with van der Waals surface area (Å²) in [7, 11) is 0. The number of hydrogen-bond donors (Lipinski definition) is 1. The number of amides is 3. The van der Waals surface area contributed by atoms with E-state index in [1.165, 1.54) is 29.0 Å². The smallest absolute Gasteiger partial charge is 0.415 e. The molecule has 0 saturated carbocycles. The van der Waals surface area contributed by atoms with Gasteiger partial charge in [-0.25, -0.2) is 19.0 Å². The molecule has 31 heavy (non-hydrogen) atoms. The maximum Gasteiger partial charge on any atom is 0.415 e. The first kappa shape index (κ1) is 20.6. The summed E-state index contributed by atoms with van der Waals surface area (Å²) in [5.41, 5.74) is 1.95. The zero-order chi connectivity index (χ0) is 22.1. The molecule has 0 bridgehead atoms. The molecular weight excluding hydrogens is 407 g/mol. The Morgan fingerprint density at radius 3 is 2.71 bits per heavy atom. The van der Waals surface area contributed by atoms with E-state index >= 15 is 0 Å². The maximum atomic E-state index is 15.0. The molecule has 2 aliphatic rings. The van der Waals surface area contributed by atoms with Gasteiger partial charge in [-0.3, -0.25) is 14.6 Å². The van der Waals surface area contributed by atoms with E-state index in [2.05, 4.69) is 10.3 Å². The molecule has 0 spiro atoms.